The third-order valence-electron chi connectivity index (χ3n) is 14.9. The van der Waals surface area contributed by atoms with Gasteiger partial charge < -0.3 is 39.7 Å². The molecule has 0 bridgehead atoms. The Labute approximate surface area is 595 Å². The summed E-state index contributed by atoms with van der Waals surface area (Å²) in [5.74, 6) is -3.90. The minimum Gasteiger partial charge on any atom is -0.494 e. The lowest BCUT2D eigenvalue weighted by atomic mass is 9.83. The number of nitrogens with zero attached hydrogens (tertiary/aromatic N) is 4. The molecule has 28 nitrogen and oxygen atoms in total. The lowest BCUT2D eigenvalue weighted by Crippen LogP contribution is -2.33. The number of H-pyrrole nitrogens is 1. The molecule has 6 heterocycles. The number of aromatic hydroxyl groups is 1. The number of likely N-dealkylation sites (tertiary alicyclic amines) is 1. The zero-order valence-electron chi connectivity index (χ0n) is 56.8. The van der Waals surface area contributed by atoms with Gasteiger partial charge in [-0.1, -0.05) is 117 Å². The molecule has 0 unspecified atom stereocenters. The molecule has 11 amide bonds. The number of rotatable bonds is 19. The molecule has 28 heteroatoms. The number of aromatic nitrogens is 1. The summed E-state index contributed by atoms with van der Waals surface area (Å²) in [4.78, 5) is 180. The standard InChI is InChI=1S/C25H22N2O5.C21H18N2O5.C11H15NO4.C10H7NO2.C5H5NO2.C4H3NO2/c1-15(2)25(30)32-13-7-12-31-18-11-6-10-17(14-18)22-20-19(23(28)27-22)21(26-24(20)29)16-8-4-3-5-9-16;1-12(2)20(26)28-11-10-22-21(27)23-16-9-5-8-15-17(16)19(25)14-7-4-3-6-13(14)18(15)24;1-8(2)11(15)16-7-3-6-12-9(13)4-5-10(12)14;12-9-6-7-10(13)11(9)8-4-2-1-3-5-8;1-6-4(7)2-3-5(6)8;6-3-1-2-4(7)5-3/h3-6,8-11,14,27-28H,1,7,12-13H2,2H3;3-9H,1,10-11H2,2H3,(H2,22,23,27);1,3-7H2,2H3;1-7H;2-3H,1H3;1-2H,(H,5,6,7). The minimum absolute atomic E-state index is 0.0171. The fraction of sp³-hybridized carbons (Fsp3) is 0.184. The summed E-state index contributed by atoms with van der Waals surface area (Å²) in [5, 5.41) is 17.7. The summed E-state index contributed by atoms with van der Waals surface area (Å²) >= 11 is 0. The average molecular weight is 1420 g/mol. The third-order valence-corrected chi connectivity index (χ3v) is 14.9. The SMILES string of the molecule is C=C(C)C(=O)OCCCN1C(=O)CCC1=O.C=C(C)C(=O)OCCCOc1cccc(-c2[nH]c(O)c3c2C(=O)N=C3c2ccccc2)c1.C=C(C)C(=O)OCCNC(=O)Nc1cccc2c1C(=O)c1ccccc1C2=O.CN1C(=O)C=CC1=O.O=C1C=CC(=O)N1.O=C1C=CC(=O)N1c1ccccc1. The fourth-order valence-corrected chi connectivity index (χ4v) is 9.74. The number of benzene rings is 5. The monoisotopic (exact) mass is 1410 g/mol. The first kappa shape index (κ1) is 77.7. The predicted molar refractivity (Wildman–Crippen MR) is 376 cm³/mol. The molecule has 0 spiro atoms. The van der Waals surface area contributed by atoms with Crippen molar-refractivity contribution < 1.29 is 96.0 Å². The molecule has 0 saturated carbocycles. The van der Waals surface area contributed by atoms with Crippen LogP contribution < -0.4 is 25.6 Å². The molecule has 0 radical (unpaired) electrons. The molecular formula is C76H70N8O20. The van der Waals surface area contributed by atoms with E-state index >= 15 is 0 Å². The van der Waals surface area contributed by atoms with Crippen LogP contribution in [0.1, 0.15) is 99.8 Å². The van der Waals surface area contributed by atoms with E-state index in [1.807, 2.05) is 47.8 Å². The van der Waals surface area contributed by atoms with Crippen LogP contribution in [0.4, 0.5) is 16.2 Å². The summed E-state index contributed by atoms with van der Waals surface area (Å²) in [5.41, 5.74) is 5.99. The second kappa shape index (κ2) is 37.0. The first-order valence-corrected chi connectivity index (χ1v) is 31.9. The summed E-state index contributed by atoms with van der Waals surface area (Å²) in [6.45, 7) is 16.3. The van der Waals surface area contributed by atoms with Gasteiger partial charge in [-0.2, -0.15) is 0 Å². The number of esters is 3. The number of hydrogen-bond acceptors (Lipinski definition) is 20. The topological polar surface area (TPSA) is 387 Å². The van der Waals surface area contributed by atoms with Gasteiger partial charge in [-0.25, -0.2) is 29.1 Å². The van der Waals surface area contributed by atoms with Gasteiger partial charge in [0.1, 0.15) is 12.4 Å². The van der Waals surface area contributed by atoms with Gasteiger partial charge in [0.05, 0.1) is 65.8 Å². The summed E-state index contributed by atoms with van der Waals surface area (Å²) in [6.07, 6.45) is 9.03. The number of likely N-dealkylation sites (N-methyl/N-ethyl adjacent to an activating group) is 1. The van der Waals surface area contributed by atoms with E-state index < -0.39 is 29.8 Å². The molecule has 12 rings (SSSR count). The van der Waals surface area contributed by atoms with E-state index in [1.165, 1.54) is 55.3 Å². The van der Waals surface area contributed by atoms with Gasteiger partial charge >= 0.3 is 23.9 Å². The molecule has 5 N–H and O–H groups in total. The van der Waals surface area contributed by atoms with Crippen molar-refractivity contribution in [3.8, 4) is 22.9 Å². The van der Waals surface area contributed by atoms with Crippen molar-refractivity contribution in [1.82, 2.24) is 25.4 Å². The maximum atomic E-state index is 12.9. The van der Waals surface area contributed by atoms with Crippen LogP contribution in [0.2, 0.25) is 0 Å². The number of nitrogens with one attached hydrogen (secondary N) is 4. The van der Waals surface area contributed by atoms with E-state index in [1.54, 1.807) is 98.8 Å². The third kappa shape index (κ3) is 21.0. The number of carbonyl (C=O) groups is 15. The van der Waals surface area contributed by atoms with Crippen molar-refractivity contribution in [3.05, 3.63) is 239 Å². The maximum Gasteiger partial charge on any atom is 0.333 e. The largest absolute Gasteiger partial charge is 0.494 e. The number of anilines is 2. The van der Waals surface area contributed by atoms with E-state index in [-0.39, 0.29) is 113 Å². The molecule has 1 aliphatic carbocycles. The lowest BCUT2D eigenvalue weighted by molar-refractivity contribution is -0.141. The predicted octanol–water partition coefficient (Wildman–Crippen LogP) is 7.47. The van der Waals surface area contributed by atoms with Crippen molar-refractivity contribution in [2.24, 2.45) is 4.99 Å². The summed E-state index contributed by atoms with van der Waals surface area (Å²) in [6, 6.07) is 36.0. The van der Waals surface area contributed by atoms with Gasteiger partial charge in [-0.15, -0.1) is 0 Å². The van der Waals surface area contributed by atoms with E-state index in [4.69, 9.17) is 18.9 Å². The zero-order valence-corrected chi connectivity index (χ0v) is 56.8. The van der Waals surface area contributed by atoms with Crippen molar-refractivity contribution >= 4 is 106 Å². The highest BCUT2D eigenvalue weighted by Crippen LogP contribution is 2.39. The van der Waals surface area contributed by atoms with E-state index in [2.05, 4.69) is 40.3 Å². The maximum absolute atomic E-state index is 12.9. The van der Waals surface area contributed by atoms with Crippen LogP contribution in [-0.4, -0.2) is 161 Å². The van der Waals surface area contributed by atoms with Gasteiger partial charge in [-0.05, 0) is 57.5 Å². The van der Waals surface area contributed by atoms with Crippen molar-refractivity contribution in [2.75, 3.05) is 56.8 Å². The Balaban J connectivity index is 0.000000189. The van der Waals surface area contributed by atoms with Crippen LogP contribution in [0.15, 0.2) is 205 Å². The van der Waals surface area contributed by atoms with Crippen LogP contribution in [0.25, 0.3) is 11.3 Å². The number of carbonyl (C=O) groups excluding carboxylic acids is 15. The highest BCUT2D eigenvalue weighted by atomic mass is 16.5. The normalized spacial score (nSPS) is 13.9. The molecule has 1 aromatic heterocycles. The van der Waals surface area contributed by atoms with Crippen molar-refractivity contribution in [1.29, 1.82) is 0 Å². The number of fused-ring (bicyclic) bond motifs is 3. The van der Waals surface area contributed by atoms with Gasteiger partial charge in [0, 0.05) is 114 Å². The van der Waals surface area contributed by atoms with Gasteiger partial charge in [-0.3, -0.25) is 67.9 Å². The molecule has 6 aliphatic rings. The van der Waals surface area contributed by atoms with Crippen LogP contribution in [0.5, 0.6) is 11.6 Å². The highest BCUT2D eigenvalue weighted by molar-refractivity contribution is 6.32. The van der Waals surface area contributed by atoms with E-state index in [9.17, 15) is 77.0 Å². The quantitative estimate of drug-likeness (QED) is 0.0172. The molecule has 6 aromatic rings. The van der Waals surface area contributed by atoms with Crippen molar-refractivity contribution in [3.63, 3.8) is 0 Å². The highest BCUT2D eigenvalue weighted by Gasteiger charge is 2.35. The Bertz CT molecular complexity index is 4530. The number of amides is 11. The lowest BCUT2D eigenvalue weighted by Gasteiger charge is -2.20. The number of imide groups is 4. The summed E-state index contributed by atoms with van der Waals surface area (Å²) in [7, 11) is 1.45. The van der Waals surface area contributed by atoms with E-state index in [0.29, 0.717) is 101 Å². The molecular weight excluding hydrogens is 1340 g/mol. The average Bonchev–Trinajstić information content (AvgIpc) is 1.29. The van der Waals surface area contributed by atoms with Crippen LogP contribution in [-0.2, 0) is 67.0 Å². The van der Waals surface area contributed by atoms with Crippen LogP contribution in [0.3, 0.4) is 0 Å². The number of aromatic amines is 1. The number of hydrogen-bond donors (Lipinski definition) is 5. The number of aliphatic imine (C=N–C) groups is 1. The smallest absolute Gasteiger partial charge is 0.333 e. The Hall–Kier alpha value is -13.7. The molecule has 5 aliphatic heterocycles. The molecule has 1 saturated heterocycles. The second-order valence-electron chi connectivity index (χ2n) is 22.8. The summed E-state index contributed by atoms with van der Waals surface area (Å²) < 4.78 is 20.5. The van der Waals surface area contributed by atoms with Gasteiger partial charge in [0.15, 0.2) is 17.4 Å². The first-order valence-electron chi connectivity index (χ1n) is 31.9. The van der Waals surface area contributed by atoms with Crippen LogP contribution >= 0.6 is 0 Å². The fourth-order valence-electron chi connectivity index (χ4n) is 9.74. The zero-order chi connectivity index (χ0) is 75.7. The molecule has 0 atom stereocenters. The number of ether oxygens (including phenoxy) is 4. The Morgan fingerprint density at radius 2 is 1.04 bits per heavy atom. The molecule has 1 fully saturated rings. The number of urea groups is 1. The number of para-hydroxylation sites is 1. The molecule has 104 heavy (non-hydrogen) atoms. The Kier molecular flexibility index (Phi) is 27.6. The van der Waals surface area contributed by atoms with Crippen molar-refractivity contribution in [2.45, 2.75) is 46.5 Å². The molecule has 5 aromatic carbocycles. The second-order valence-corrected chi connectivity index (χ2v) is 22.8. The van der Waals surface area contributed by atoms with Gasteiger partial charge in [0.25, 0.3) is 41.4 Å². The first-order chi connectivity index (χ1) is 49.7. The van der Waals surface area contributed by atoms with Crippen LogP contribution in [0, 0.1) is 0 Å². The minimum atomic E-state index is -0.584. The van der Waals surface area contributed by atoms with Gasteiger partial charge in [0.2, 0.25) is 11.8 Å². The van der Waals surface area contributed by atoms with E-state index in [0.717, 1.165) is 15.4 Å². The Morgan fingerprint density at radius 3 is 1.58 bits per heavy atom. The number of ketones is 2. The Morgan fingerprint density at radius 1 is 0.538 bits per heavy atom. The molecule has 534 valence electrons.